The van der Waals surface area contributed by atoms with Gasteiger partial charge < -0.3 is 15.4 Å². The standard InChI is InChI=1S/C11H19BrN4O/c1-4-13-11-15-6-9(12)10(16-11)14-5-8(2)7-17-3/h6,8H,4-5,7H2,1-3H3,(H2,13,14,15,16). The molecule has 1 heterocycles. The van der Waals surface area contributed by atoms with E-state index in [1.165, 1.54) is 0 Å². The van der Waals surface area contributed by atoms with Crippen molar-refractivity contribution in [2.45, 2.75) is 13.8 Å². The Kier molecular flexibility index (Phi) is 6.21. The molecular formula is C11H19BrN4O. The summed E-state index contributed by atoms with van der Waals surface area (Å²) in [5.74, 6) is 1.88. The number of nitrogens with zero attached hydrogens (tertiary/aromatic N) is 2. The minimum atomic E-state index is 0.435. The fourth-order valence-corrected chi connectivity index (χ4v) is 1.68. The van der Waals surface area contributed by atoms with Gasteiger partial charge in [-0.2, -0.15) is 4.98 Å². The van der Waals surface area contributed by atoms with Gasteiger partial charge in [-0.1, -0.05) is 6.92 Å². The van der Waals surface area contributed by atoms with Crippen molar-refractivity contribution < 1.29 is 4.74 Å². The van der Waals surface area contributed by atoms with Crippen LogP contribution in [0.3, 0.4) is 0 Å². The summed E-state index contributed by atoms with van der Waals surface area (Å²) in [6, 6.07) is 0. The Morgan fingerprint density at radius 3 is 2.88 bits per heavy atom. The van der Waals surface area contributed by atoms with Crippen molar-refractivity contribution in [2.24, 2.45) is 5.92 Å². The van der Waals surface area contributed by atoms with Crippen molar-refractivity contribution in [1.82, 2.24) is 9.97 Å². The van der Waals surface area contributed by atoms with Crippen molar-refractivity contribution >= 4 is 27.7 Å². The molecule has 0 aliphatic heterocycles. The molecule has 17 heavy (non-hydrogen) atoms. The van der Waals surface area contributed by atoms with Crippen LogP contribution in [0.2, 0.25) is 0 Å². The summed E-state index contributed by atoms with van der Waals surface area (Å²) in [5, 5.41) is 6.36. The fourth-order valence-electron chi connectivity index (χ4n) is 1.35. The highest BCUT2D eigenvalue weighted by Gasteiger charge is 2.06. The monoisotopic (exact) mass is 302 g/mol. The number of ether oxygens (including phenoxy) is 1. The molecule has 0 saturated heterocycles. The molecule has 0 aliphatic rings. The highest BCUT2D eigenvalue weighted by atomic mass is 79.9. The van der Waals surface area contributed by atoms with E-state index in [1.807, 2.05) is 6.92 Å². The van der Waals surface area contributed by atoms with Gasteiger partial charge in [-0.3, -0.25) is 0 Å². The van der Waals surface area contributed by atoms with Gasteiger partial charge in [0.1, 0.15) is 5.82 Å². The van der Waals surface area contributed by atoms with E-state index in [1.54, 1.807) is 13.3 Å². The fraction of sp³-hybridized carbons (Fsp3) is 0.636. The molecule has 6 heteroatoms. The number of anilines is 2. The lowest BCUT2D eigenvalue weighted by atomic mass is 10.2. The first-order valence-corrected chi connectivity index (χ1v) is 6.45. The molecule has 5 nitrogen and oxygen atoms in total. The number of halogens is 1. The second-order valence-electron chi connectivity index (χ2n) is 3.86. The summed E-state index contributed by atoms with van der Waals surface area (Å²) in [6.45, 7) is 6.49. The second-order valence-corrected chi connectivity index (χ2v) is 4.72. The Bertz CT molecular complexity index is 348. The SMILES string of the molecule is CCNc1ncc(Br)c(NCC(C)COC)n1. The lowest BCUT2D eigenvalue weighted by molar-refractivity contribution is 0.164. The summed E-state index contributed by atoms with van der Waals surface area (Å²) in [7, 11) is 1.71. The van der Waals surface area contributed by atoms with Gasteiger partial charge in [-0.25, -0.2) is 4.98 Å². The lowest BCUT2D eigenvalue weighted by Crippen LogP contribution is -2.17. The largest absolute Gasteiger partial charge is 0.384 e. The molecule has 0 saturated carbocycles. The van der Waals surface area contributed by atoms with Crippen molar-refractivity contribution in [1.29, 1.82) is 0 Å². The van der Waals surface area contributed by atoms with Crippen LogP contribution in [0.1, 0.15) is 13.8 Å². The summed E-state index contributed by atoms with van der Waals surface area (Å²) < 4.78 is 5.95. The molecule has 0 aromatic carbocycles. The van der Waals surface area contributed by atoms with Crippen LogP contribution >= 0.6 is 15.9 Å². The highest BCUT2D eigenvalue weighted by Crippen LogP contribution is 2.20. The third-order valence-electron chi connectivity index (χ3n) is 2.15. The summed E-state index contributed by atoms with van der Waals surface area (Å²) in [6.07, 6.45) is 1.74. The Labute approximate surface area is 111 Å². The van der Waals surface area contributed by atoms with Gasteiger partial charge in [-0.15, -0.1) is 0 Å². The smallest absolute Gasteiger partial charge is 0.224 e. The van der Waals surface area contributed by atoms with Gasteiger partial charge in [0.05, 0.1) is 11.1 Å². The lowest BCUT2D eigenvalue weighted by Gasteiger charge is -2.13. The Morgan fingerprint density at radius 2 is 2.24 bits per heavy atom. The molecule has 0 fully saturated rings. The van der Waals surface area contributed by atoms with E-state index in [0.717, 1.165) is 30.0 Å². The van der Waals surface area contributed by atoms with E-state index in [-0.39, 0.29) is 0 Å². The molecule has 1 atom stereocenters. The molecule has 0 bridgehead atoms. The molecule has 2 N–H and O–H groups in total. The third-order valence-corrected chi connectivity index (χ3v) is 2.73. The zero-order chi connectivity index (χ0) is 12.7. The normalized spacial score (nSPS) is 12.2. The van der Waals surface area contributed by atoms with Gasteiger partial charge in [0.25, 0.3) is 0 Å². The van der Waals surface area contributed by atoms with Gasteiger partial charge in [0.15, 0.2) is 0 Å². The second kappa shape index (κ2) is 7.45. The topological polar surface area (TPSA) is 59.1 Å². The van der Waals surface area contributed by atoms with Crippen molar-refractivity contribution in [2.75, 3.05) is 37.4 Å². The number of hydrogen-bond donors (Lipinski definition) is 2. The van der Waals surface area contributed by atoms with Crippen LogP contribution in [0.25, 0.3) is 0 Å². The molecule has 1 unspecified atom stereocenters. The molecule has 1 aromatic rings. The van der Waals surface area contributed by atoms with E-state index in [0.29, 0.717) is 11.9 Å². The molecule has 96 valence electrons. The van der Waals surface area contributed by atoms with Crippen LogP contribution in [0.4, 0.5) is 11.8 Å². The number of rotatable bonds is 7. The quantitative estimate of drug-likeness (QED) is 0.810. The van der Waals surface area contributed by atoms with Gasteiger partial charge in [-0.05, 0) is 28.8 Å². The first-order chi connectivity index (χ1) is 8.17. The molecule has 0 amide bonds. The van der Waals surface area contributed by atoms with Crippen LogP contribution in [-0.4, -0.2) is 36.8 Å². The van der Waals surface area contributed by atoms with Crippen LogP contribution in [0, 0.1) is 5.92 Å². The maximum absolute atomic E-state index is 5.09. The predicted molar refractivity (Wildman–Crippen MR) is 73.4 cm³/mol. The number of aromatic nitrogens is 2. The van der Waals surface area contributed by atoms with Gasteiger partial charge in [0.2, 0.25) is 5.95 Å². The first kappa shape index (κ1) is 14.2. The Morgan fingerprint density at radius 1 is 1.47 bits per heavy atom. The Hall–Kier alpha value is -0.880. The molecule has 1 aromatic heterocycles. The van der Waals surface area contributed by atoms with Crippen molar-refractivity contribution in [3.05, 3.63) is 10.7 Å². The zero-order valence-electron chi connectivity index (χ0n) is 10.5. The average Bonchev–Trinajstić information content (AvgIpc) is 2.30. The average molecular weight is 303 g/mol. The minimum absolute atomic E-state index is 0.435. The minimum Gasteiger partial charge on any atom is -0.384 e. The number of hydrogen-bond acceptors (Lipinski definition) is 5. The highest BCUT2D eigenvalue weighted by molar-refractivity contribution is 9.10. The predicted octanol–water partition coefficient (Wildman–Crippen LogP) is 2.37. The van der Waals surface area contributed by atoms with Crippen LogP contribution in [0.15, 0.2) is 10.7 Å². The van der Waals surface area contributed by atoms with Crippen LogP contribution in [0.5, 0.6) is 0 Å². The number of nitrogens with one attached hydrogen (secondary N) is 2. The maximum atomic E-state index is 5.09. The Balaban J connectivity index is 2.59. The van der Waals surface area contributed by atoms with Gasteiger partial charge in [0, 0.05) is 26.4 Å². The van der Waals surface area contributed by atoms with E-state index in [2.05, 4.69) is 43.5 Å². The summed E-state index contributed by atoms with van der Waals surface area (Å²) >= 11 is 3.42. The van der Waals surface area contributed by atoms with Crippen LogP contribution < -0.4 is 10.6 Å². The first-order valence-electron chi connectivity index (χ1n) is 5.66. The van der Waals surface area contributed by atoms with E-state index < -0.39 is 0 Å². The summed E-state index contributed by atoms with van der Waals surface area (Å²) in [5.41, 5.74) is 0. The molecular weight excluding hydrogens is 284 g/mol. The molecule has 1 rings (SSSR count). The molecule has 0 spiro atoms. The van der Waals surface area contributed by atoms with E-state index in [9.17, 15) is 0 Å². The zero-order valence-corrected chi connectivity index (χ0v) is 12.0. The van der Waals surface area contributed by atoms with E-state index >= 15 is 0 Å². The molecule has 0 aliphatic carbocycles. The molecule has 0 radical (unpaired) electrons. The number of methoxy groups -OCH3 is 1. The van der Waals surface area contributed by atoms with Gasteiger partial charge >= 0.3 is 0 Å². The van der Waals surface area contributed by atoms with E-state index in [4.69, 9.17) is 4.74 Å². The third kappa shape index (κ3) is 4.87. The van der Waals surface area contributed by atoms with Crippen LogP contribution in [-0.2, 0) is 4.74 Å². The van der Waals surface area contributed by atoms with Crippen molar-refractivity contribution in [3.63, 3.8) is 0 Å². The van der Waals surface area contributed by atoms with Crippen molar-refractivity contribution in [3.8, 4) is 0 Å². The maximum Gasteiger partial charge on any atom is 0.224 e. The summed E-state index contributed by atoms with van der Waals surface area (Å²) in [4.78, 5) is 8.53.